The van der Waals surface area contributed by atoms with Crippen LogP contribution in [0.5, 0.6) is 0 Å². The van der Waals surface area contributed by atoms with Crippen molar-refractivity contribution in [2.75, 3.05) is 7.05 Å². The summed E-state index contributed by atoms with van der Waals surface area (Å²) >= 11 is 3.14. The summed E-state index contributed by atoms with van der Waals surface area (Å²) in [5, 5.41) is 4.72. The van der Waals surface area contributed by atoms with Crippen molar-refractivity contribution in [3.63, 3.8) is 0 Å². The van der Waals surface area contributed by atoms with Gasteiger partial charge >= 0.3 is 293 Å². The van der Waals surface area contributed by atoms with Crippen LogP contribution in [0.1, 0.15) is 63.6 Å². The fourth-order valence-electron chi connectivity index (χ4n) is 6.47. The number of amides is 2. The quantitative estimate of drug-likeness (QED) is 0.112. The monoisotopic (exact) mass is 827 g/mol. The van der Waals surface area contributed by atoms with Crippen LogP contribution in [0.2, 0.25) is 0 Å². The number of hydrogen-bond donors (Lipinski definition) is 0. The van der Waals surface area contributed by atoms with Crippen LogP contribution in [0.25, 0.3) is 6.08 Å². The Balaban J connectivity index is 1.73. The van der Waals surface area contributed by atoms with Gasteiger partial charge in [0.15, 0.2) is 0 Å². The molecule has 1 aliphatic carbocycles. The summed E-state index contributed by atoms with van der Waals surface area (Å²) < 4.78 is 3.74. The topological polar surface area (TPSA) is 37.4 Å². The number of nitrogens with zero attached hydrogens (tertiary/aromatic N) is 1. The zero-order valence-electron chi connectivity index (χ0n) is 26.6. The van der Waals surface area contributed by atoms with Crippen LogP contribution in [-0.4, -0.2) is 23.8 Å². The number of thiophene rings is 1. The fraction of sp³-hybridized carbons (Fsp3) is 0.146. The number of carbonyl (C=O) groups is 2. The molecule has 0 N–H and O–H groups in total. The van der Waals surface area contributed by atoms with Crippen LogP contribution in [0.4, 0.5) is 0 Å². The predicted octanol–water partition coefficient (Wildman–Crippen LogP) is 8.17. The average molecular weight is 826 g/mol. The molecule has 0 spiro atoms. The van der Waals surface area contributed by atoms with Crippen molar-refractivity contribution >= 4 is 52.4 Å². The van der Waals surface area contributed by atoms with Gasteiger partial charge in [0.1, 0.15) is 0 Å². The maximum atomic E-state index is 13.3. The molecule has 0 atom stereocenters. The van der Waals surface area contributed by atoms with Crippen molar-refractivity contribution in [2.24, 2.45) is 0 Å². The summed E-state index contributed by atoms with van der Waals surface area (Å²) in [4.78, 5) is 29.0. The molecule has 2 heterocycles. The van der Waals surface area contributed by atoms with Crippen LogP contribution in [0, 0.1) is 16.2 Å². The normalized spacial score (nSPS) is 16.8. The SMILES string of the molecule is CC=C1CCCC1=CC(C#Cc1sc(/C=C/C)c2c1C(=O)N(C)C2=O)=C([C]#[Os])[P+](c1ccccc1)(c1ccccc1)c1ccccc1. The van der Waals surface area contributed by atoms with Gasteiger partial charge in [-0.1, -0.05) is 0 Å². The zero-order valence-corrected chi connectivity index (χ0v) is 30.8. The van der Waals surface area contributed by atoms with Gasteiger partial charge in [-0.2, -0.15) is 0 Å². The average Bonchev–Trinajstić information content (AvgIpc) is 3.78. The molecule has 0 radical (unpaired) electrons. The molecule has 6 rings (SSSR count). The van der Waals surface area contributed by atoms with Crippen LogP contribution in [-0.2, 0) is 17.9 Å². The van der Waals surface area contributed by atoms with Crippen molar-refractivity contribution in [1.29, 1.82) is 0 Å². The first-order valence-corrected chi connectivity index (χ1v) is 19.5. The van der Waals surface area contributed by atoms with E-state index in [0.29, 0.717) is 16.0 Å². The first-order valence-electron chi connectivity index (χ1n) is 15.6. The van der Waals surface area contributed by atoms with E-state index >= 15 is 0 Å². The van der Waals surface area contributed by atoms with E-state index in [1.165, 1.54) is 43.3 Å². The summed E-state index contributed by atoms with van der Waals surface area (Å²) in [7, 11) is -0.967. The molecule has 1 aliphatic heterocycles. The molecular weight excluding hydrogens is 792 g/mol. The van der Waals surface area contributed by atoms with E-state index < -0.39 is 7.26 Å². The van der Waals surface area contributed by atoms with E-state index in [9.17, 15) is 9.59 Å². The minimum atomic E-state index is -2.51. The summed E-state index contributed by atoms with van der Waals surface area (Å²) in [6, 6.07) is 32.2. The Morgan fingerprint density at radius 3 is 1.85 bits per heavy atom. The standard InChI is InChI=1S/C41H34NO2PS.Os/c1-5-17-36-38-39(41(44)42(4)40(38)43)37(46-36)27-26-31(28-32-19-16-18-30(32)6-2)29(3)45(33-20-10-7-11-21-33,34-22-12-8-13-23-34)35-24-14-9-15-25-35;/h5-15,17,20-25,28H,16,18-19H2,1-2,4H3;/q+1;/b17-5+,30-6?,31-29?,32-28?;. The van der Waals surface area contributed by atoms with Gasteiger partial charge in [-0.25, -0.2) is 0 Å². The molecule has 233 valence electrons. The second-order valence-corrected chi connectivity index (χ2v) is 16.4. The Morgan fingerprint density at radius 1 is 0.809 bits per heavy atom. The van der Waals surface area contributed by atoms with Gasteiger partial charge < -0.3 is 0 Å². The van der Waals surface area contributed by atoms with Crippen molar-refractivity contribution in [3.05, 3.63) is 152 Å². The molecule has 1 aromatic heterocycles. The first kappa shape index (κ1) is 32.8. The van der Waals surface area contributed by atoms with Gasteiger partial charge in [0.25, 0.3) is 0 Å². The fourth-order valence-corrected chi connectivity index (χ4v) is 13.3. The van der Waals surface area contributed by atoms with E-state index in [4.69, 9.17) is 0 Å². The summed E-state index contributed by atoms with van der Waals surface area (Å²) in [5.74, 6) is 6.47. The second-order valence-electron chi connectivity index (χ2n) is 11.3. The molecule has 2 aliphatic rings. The van der Waals surface area contributed by atoms with E-state index in [2.05, 4.69) is 126 Å². The molecule has 0 unspecified atom stereocenters. The number of carbonyl (C=O) groups excluding carboxylic acids is 2. The van der Waals surface area contributed by atoms with Gasteiger partial charge in [0.05, 0.1) is 0 Å². The Morgan fingerprint density at radius 2 is 1.34 bits per heavy atom. The molecule has 47 heavy (non-hydrogen) atoms. The Labute approximate surface area is 291 Å². The third-order valence-corrected chi connectivity index (χ3v) is 15.1. The molecule has 2 amide bonds. The third-order valence-electron chi connectivity index (χ3n) is 8.68. The number of allylic oxidation sites excluding steroid dienone is 7. The third kappa shape index (κ3) is 5.94. The van der Waals surface area contributed by atoms with Crippen molar-refractivity contribution in [3.8, 4) is 16.2 Å². The molecular formula is C41H34NO2OsPS+. The zero-order chi connectivity index (χ0) is 33.0. The Hall–Kier alpha value is -4.13. The van der Waals surface area contributed by atoms with Crippen LogP contribution < -0.4 is 15.9 Å². The molecule has 4 aromatic rings. The molecule has 1 saturated carbocycles. The number of imide groups is 1. The van der Waals surface area contributed by atoms with Gasteiger partial charge in [-0.3, -0.25) is 0 Å². The summed E-state index contributed by atoms with van der Waals surface area (Å²) in [6.45, 7) is 4.02. The molecule has 0 bridgehead atoms. The van der Waals surface area contributed by atoms with Gasteiger partial charge in [-0.15, -0.1) is 0 Å². The van der Waals surface area contributed by atoms with E-state index in [-0.39, 0.29) is 11.8 Å². The number of rotatable bonds is 6. The molecule has 0 saturated heterocycles. The van der Waals surface area contributed by atoms with Gasteiger partial charge in [0.2, 0.25) is 0 Å². The van der Waals surface area contributed by atoms with Gasteiger partial charge in [0, 0.05) is 0 Å². The molecule has 3 nitrogen and oxygen atoms in total. The minimum absolute atomic E-state index is 0.275. The Bertz CT molecular complexity index is 1990. The van der Waals surface area contributed by atoms with E-state index in [1.807, 2.05) is 19.1 Å². The van der Waals surface area contributed by atoms with Crippen molar-refractivity contribution < 1.29 is 27.5 Å². The maximum absolute atomic E-state index is 13.3. The second kappa shape index (κ2) is 14.3. The molecule has 6 heteroatoms. The van der Waals surface area contributed by atoms with E-state index in [1.54, 1.807) is 25.0 Å². The van der Waals surface area contributed by atoms with Crippen LogP contribution in [0.3, 0.4) is 0 Å². The molecule has 1 fully saturated rings. The number of fused-ring (bicyclic) bond motifs is 1. The van der Waals surface area contributed by atoms with Crippen LogP contribution >= 0.6 is 18.6 Å². The number of hydrogen-bond acceptors (Lipinski definition) is 3. The van der Waals surface area contributed by atoms with Crippen LogP contribution in [0.15, 0.2) is 131 Å². The number of benzene rings is 3. The van der Waals surface area contributed by atoms with Crippen molar-refractivity contribution in [2.45, 2.75) is 33.1 Å². The Kier molecular flexibility index (Phi) is 9.99. The first-order chi connectivity index (χ1) is 22.9. The van der Waals surface area contributed by atoms with Gasteiger partial charge in [-0.05, 0) is 0 Å². The summed E-state index contributed by atoms with van der Waals surface area (Å²) in [5.41, 5.74) is 4.39. The van der Waals surface area contributed by atoms with Crippen molar-refractivity contribution in [1.82, 2.24) is 4.90 Å². The van der Waals surface area contributed by atoms with E-state index in [0.717, 1.165) is 35.0 Å². The molecule has 3 aromatic carbocycles. The predicted molar refractivity (Wildman–Crippen MR) is 194 cm³/mol. The summed E-state index contributed by atoms with van der Waals surface area (Å²) in [6.07, 6.45) is 11.4.